The summed E-state index contributed by atoms with van der Waals surface area (Å²) in [7, 11) is 3.21. The van der Waals surface area contributed by atoms with Gasteiger partial charge in [-0.3, -0.25) is 4.79 Å². The molecular weight excluding hydrogens is 342 g/mol. The van der Waals surface area contributed by atoms with Crippen LogP contribution in [0.1, 0.15) is 22.3 Å². The third kappa shape index (κ3) is 5.34. The molecule has 0 fully saturated rings. The van der Waals surface area contributed by atoms with Gasteiger partial charge in [-0.1, -0.05) is 11.6 Å². The zero-order chi connectivity index (χ0) is 18.2. The molecule has 2 aromatic rings. The number of methoxy groups -OCH3 is 2. The number of aryl methyl sites for hydroxylation is 1. The second-order valence-electron chi connectivity index (χ2n) is 5.46. The number of pyridine rings is 1. The van der Waals surface area contributed by atoms with Crippen LogP contribution >= 0.6 is 11.6 Å². The molecule has 0 unspecified atom stereocenters. The van der Waals surface area contributed by atoms with Gasteiger partial charge in [0.2, 0.25) is 0 Å². The van der Waals surface area contributed by atoms with Crippen LogP contribution in [-0.4, -0.2) is 38.3 Å². The van der Waals surface area contributed by atoms with Gasteiger partial charge in [-0.2, -0.15) is 0 Å². The van der Waals surface area contributed by atoms with Crippen LogP contribution in [0, 0.1) is 6.92 Å². The van der Waals surface area contributed by atoms with E-state index in [0.717, 1.165) is 17.7 Å². The minimum absolute atomic E-state index is 0.152. The Balaban J connectivity index is 2.11. The van der Waals surface area contributed by atoms with E-state index in [-0.39, 0.29) is 5.91 Å². The van der Waals surface area contributed by atoms with E-state index in [0.29, 0.717) is 35.3 Å². The van der Waals surface area contributed by atoms with Crippen LogP contribution in [0.25, 0.3) is 0 Å². The summed E-state index contributed by atoms with van der Waals surface area (Å²) < 4.78 is 10.3. The van der Waals surface area contributed by atoms with E-state index < -0.39 is 0 Å². The van der Waals surface area contributed by atoms with Crippen molar-refractivity contribution in [3.63, 3.8) is 0 Å². The van der Waals surface area contributed by atoms with Crippen molar-refractivity contribution in [2.24, 2.45) is 0 Å². The Labute approximate surface area is 152 Å². The third-order valence-electron chi connectivity index (χ3n) is 3.58. The lowest BCUT2D eigenvalue weighted by Gasteiger charge is -2.13. The number of hydrogen-bond acceptors (Lipinski definition) is 5. The second-order valence-corrected chi connectivity index (χ2v) is 5.87. The summed E-state index contributed by atoms with van der Waals surface area (Å²) in [5, 5.41) is 6.64. The van der Waals surface area contributed by atoms with Gasteiger partial charge in [-0.25, -0.2) is 4.98 Å². The van der Waals surface area contributed by atoms with E-state index in [1.54, 1.807) is 38.6 Å². The Hall–Kier alpha value is -2.31. The highest BCUT2D eigenvalue weighted by molar-refractivity contribution is 6.31. The Morgan fingerprint density at radius 2 is 2.08 bits per heavy atom. The molecule has 0 saturated carbocycles. The fourth-order valence-electron chi connectivity index (χ4n) is 2.23. The van der Waals surface area contributed by atoms with Crippen molar-refractivity contribution in [2.45, 2.75) is 13.3 Å². The van der Waals surface area contributed by atoms with Crippen LogP contribution in [0.3, 0.4) is 0 Å². The molecule has 0 spiro atoms. The molecular formula is C18H22ClN3O3. The van der Waals surface area contributed by atoms with E-state index in [2.05, 4.69) is 15.6 Å². The molecule has 0 aliphatic rings. The SMILES string of the molecule is COCCCNC(=O)c1ccnc(Nc2cc(C)c(Cl)cc2OC)c1. The number of rotatable bonds is 8. The van der Waals surface area contributed by atoms with E-state index in [1.165, 1.54) is 0 Å². The quantitative estimate of drug-likeness (QED) is 0.701. The number of halogens is 1. The van der Waals surface area contributed by atoms with Gasteiger partial charge in [0.05, 0.1) is 12.8 Å². The van der Waals surface area contributed by atoms with Crippen molar-refractivity contribution in [1.82, 2.24) is 10.3 Å². The first-order valence-electron chi connectivity index (χ1n) is 7.89. The molecule has 25 heavy (non-hydrogen) atoms. The molecule has 0 aliphatic heterocycles. The maximum absolute atomic E-state index is 12.2. The molecule has 1 heterocycles. The average molecular weight is 364 g/mol. The van der Waals surface area contributed by atoms with Crippen LogP contribution in [0.2, 0.25) is 5.02 Å². The first-order chi connectivity index (χ1) is 12.0. The normalized spacial score (nSPS) is 10.4. The molecule has 7 heteroatoms. The lowest BCUT2D eigenvalue weighted by atomic mass is 10.2. The maximum atomic E-state index is 12.2. The summed E-state index contributed by atoms with van der Waals surface area (Å²) in [5.41, 5.74) is 2.17. The van der Waals surface area contributed by atoms with Crippen molar-refractivity contribution < 1.29 is 14.3 Å². The predicted octanol–water partition coefficient (Wildman–Crippen LogP) is 3.56. The molecule has 134 valence electrons. The molecule has 1 aromatic heterocycles. The third-order valence-corrected chi connectivity index (χ3v) is 3.98. The molecule has 1 amide bonds. The number of aromatic nitrogens is 1. The van der Waals surface area contributed by atoms with Gasteiger partial charge in [0.1, 0.15) is 11.6 Å². The Kier molecular flexibility index (Phi) is 7.03. The summed E-state index contributed by atoms with van der Waals surface area (Å²) in [5.74, 6) is 0.997. The van der Waals surface area contributed by atoms with Crippen molar-refractivity contribution >= 4 is 29.0 Å². The summed E-state index contributed by atoms with van der Waals surface area (Å²) in [4.78, 5) is 16.4. The fraction of sp³-hybridized carbons (Fsp3) is 0.333. The van der Waals surface area contributed by atoms with Crippen LogP contribution in [0.15, 0.2) is 30.5 Å². The Bertz CT molecular complexity index is 738. The summed E-state index contributed by atoms with van der Waals surface area (Å²) >= 11 is 6.12. The lowest BCUT2D eigenvalue weighted by molar-refractivity contribution is 0.0948. The fourth-order valence-corrected chi connectivity index (χ4v) is 2.38. The Morgan fingerprint density at radius 3 is 2.80 bits per heavy atom. The monoisotopic (exact) mass is 363 g/mol. The molecule has 2 rings (SSSR count). The molecule has 2 N–H and O–H groups in total. The zero-order valence-electron chi connectivity index (χ0n) is 14.6. The minimum atomic E-state index is -0.152. The van der Waals surface area contributed by atoms with Gasteiger partial charge in [-0.05, 0) is 37.1 Å². The van der Waals surface area contributed by atoms with Gasteiger partial charge < -0.3 is 20.1 Å². The molecule has 0 aliphatic carbocycles. The molecule has 0 saturated heterocycles. The number of nitrogens with zero attached hydrogens (tertiary/aromatic N) is 1. The largest absolute Gasteiger partial charge is 0.495 e. The van der Waals surface area contributed by atoms with Crippen LogP contribution < -0.4 is 15.4 Å². The number of benzene rings is 1. The van der Waals surface area contributed by atoms with Gasteiger partial charge in [0, 0.05) is 43.1 Å². The standard InChI is InChI=1S/C18H22ClN3O3/c1-12-9-15(16(25-3)11-14(12)19)22-17-10-13(5-7-20-17)18(23)21-6-4-8-24-2/h5,7,9-11H,4,6,8H2,1-3H3,(H,20,22)(H,21,23). The van der Waals surface area contributed by atoms with Crippen molar-refractivity contribution in [3.05, 3.63) is 46.6 Å². The number of amides is 1. The number of carbonyl (C=O) groups is 1. The highest BCUT2D eigenvalue weighted by Gasteiger charge is 2.10. The lowest BCUT2D eigenvalue weighted by Crippen LogP contribution is -2.25. The first kappa shape index (κ1) is 19.0. The van der Waals surface area contributed by atoms with E-state index in [4.69, 9.17) is 21.1 Å². The molecule has 0 radical (unpaired) electrons. The molecule has 6 nitrogen and oxygen atoms in total. The number of hydrogen-bond donors (Lipinski definition) is 2. The van der Waals surface area contributed by atoms with Gasteiger partial charge >= 0.3 is 0 Å². The predicted molar refractivity (Wildman–Crippen MR) is 99.1 cm³/mol. The van der Waals surface area contributed by atoms with Crippen LogP contribution in [0.5, 0.6) is 5.75 Å². The number of nitrogens with one attached hydrogen (secondary N) is 2. The molecule has 0 atom stereocenters. The summed E-state index contributed by atoms with van der Waals surface area (Å²) in [6, 6.07) is 6.97. The second kappa shape index (κ2) is 9.25. The molecule has 0 bridgehead atoms. The van der Waals surface area contributed by atoms with Crippen molar-refractivity contribution in [2.75, 3.05) is 32.7 Å². The smallest absolute Gasteiger partial charge is 0.251 e. The zero-order valence-corrected chi connectivity index (χ0v) is 15.3. The first-order valence-corrected chi connectivity index (χ1v) is 8.27. The number of anilines is 2. The van der Waals surface area contributed by atoms with E-state index >= 15 is 0 Å². The maximum Gasteiger partial charge on any atom is 0.251 e. The summed E-state index contributed by atoms with van der Waals surface area (Å²) in [6.07, 6.45) is 2.35. The highest BCUT2D eigenvalue weighted by Crippen LogP contribution is 2.32. The van der Waals surface area contributed by atoms with Crippen molar-refractivity contribution in [3.8, 4) is 5.75 Å². The van der Waals surface area contributed by atoms with Crippen LogP contribution in [-0.2, 0) is 4.74 Å². The number of carbonyl (C=O) groups excluding carboxylic acids is 1. The van der Waals surface area contributed by atoms with Gasteiger partial charge in [-0.15, -0.1) is 0 Å². The minimum Gasteiger partial charge on any atom is -0.495 e. The van der Waals surface area contributed by atoms with E-state index in [9.17, 15) is 4.79 Å². The Morgan fingerprint density at radius 1 is 1.28 bits per heavy atom. The number of ether oxygens (including phenoxy) is 2. The van der Waals surface area contributed by atoms with Crippen LogP contribution in [0.4, 0.5) is 11.5 Å². The van der Waals surface area contributed by atoms with Crippen molar-refractivity contribution in [1.29, 1.82) is 0 Å². The summed E-state index contributed by atoms with van der Waals surface area (Å²) in [6.45, 7) is 3.07. The molecule has 1 aromatic carbocycles. The average Bonchev–Trinajstić information content (AvgIpc) is 2.61. The van der Waals surface area contributed by atoms with Gasteiger partial charge in [0.25, 0.3) is 5.91 Å². The highest BCUT2D eigenvalue weighted by atomic mass is 35.5. The topological polar surface area (TPSA) is 72.5 Å². The van der Waals surface area contributed by atoms with E-state index in [1.807, 2.05) is 13.0 Å². The van der Waals surface area contributed by atoms with Gasteiger partial charge in [0.15, 0.2) is 0 Å².